The van der Waals surface area contributed by atoms with Gasteiger partial charge in [-0.15, -0.1) is 11.8 Å². The largest absolute Gasteiger partial charge is 0.352 e. The van der Waals surface area contributed by atoms with Crippen LogP contribution in [0.15, 0.2) is 11.4 Å². The Bertz CT molecular complexity index is 838. The molecule has 0 aromatic carbocycles. The molecule has 1 aliphatic rings. The quantitative estimate of drug-likeness (QED) is 0.450. The summed E-state index contributed by atoms with van der Waals surface area (Å²) in [6, 6.07) is -0.273. The predicted octanol–water partition coefficient (Wildman–Crippen LogP) is 0.792. The van der Waals surface area contributed by atoms with Crippen LogP contribution in [0.1, 0.15) is 12.8 Å². The number of aromatic nitrogens is 4. The van der Waals surface area contributed by atoms with Crippen LogP contribution in [-0.2, 0) is 14.6 Å². The van der Waals surface area contributed by atoms with Gasteiger partial charge in [-0.2, -0.15) is 4.98 Å². The highest BCUT2D eigenvalue weighted by molar-refractivity contribution is 7.99. The first-order chi connectivity index (χ1) is 10.9. The zero-order valence-corrected chi connectivity index (χ0v) is 14.3. The first-order valence-corrected chi connectivity index (χ1v) is 10.1. The lowest BCUT2D eigenvalue weighted by molar-refractivity contribution is -0.121. The van der Waals surface area contributed by atoms with E-state index in [9.17, 15) is 13.2 Å². The van der Waals surface area contributed by atoms with E-state index in [1.54, 1.807) is 0 Å². The third kappa shape index (κ3) is 4.12. The maximum atomic E-state index is 11.9. The van der Waals surface area contributed by atoms with Gasteiger partial charge in [-0.25, -0.2) is 18.4 Å². The van der Waals surface area contributed by atoms with Crippen molar-refractivity contribution in [1.29, 1.82) is 0 Å². The molecule has 1 saturated heterocycles. The Hall–Kier alpha value is -1.39. The molecular weight excluding hydrogens is 362 g/mol. The normalized spacial score (nSPS) is 20.0. The summed E-state index contributed by atoms with van der Waals surface area (Å²) in [5.74, 6) is 0.499. The number of hydrogen-bond donors (Lipinski definition) is 2. The van der Waals surface area contributed by atoms with Gasteiger partial charge in [-0.3, -0.25) is 4.79 Å². The molecule has 1 atom stereocenters. The Morgan fingerprint density at radius 2 is 2.30 bits per heavy atom. The molecule has 0 radical (unpaired) electrons. The molecule has 0 bridgehead atoms. The minimum Gasteiger partial charge on any atom is -0.352 e. The van der Waals surface area contributed by atoms with E-state index in [2.05, 4.69) is 25.3 Å². The van der Waals surface area contributed by atoms with Crippen LogP contribution in [0.4, 0.5) is 0 Å². The molecule has 2 aromatic heterocycles. The molecule has 0 spiro atoms. The summed E-state index contributed by atoms with van der Waals surface area (Å²) < 4.78 is 22.7. The number of aromatic amines is 1. The van der Waals surface area contributed by atoms with Crippen molar-refractivity contribution in [3.63, 3.8) is 0 Å². The van der Waals surface area contributed by atoms with Crippen LogP contribution in [-0.4, -0.2) is 57.6 Å². The van der Waals surface area contributed by atoms with Crippen LogP contribution in [0, 0.1) is 0 Å². The third-order valence-electron chi connectivity index (χ3n) is 3.39. The summed E-state index contributed by atoms with van der Waals surface area (Å²) in [6.07, 6.45) is 2.25. The first-order valence-electron chi connectivity index (χ1n) is 6.92. The zero-order chi connectivity index (χ0) is 16.4. The molecule has 1 fully saturated rings. The molecule has 2 aromatic rings. The first kappa shape index (κ1) is 16.5. The molecule has 0 aliphatic carbocycles. The second kappa shape index (κ2) is 6.62. The minimum atomic E-state index is -2.99. The topological polar surface area (TPSA) is 118 Å². The number of rotatable bonds is 5. The van der Waals surface area contributed by atoms with E-state index < -0.39 is 9.84 Å². The molecule has 0 saturated carbocycles. The molecule has 1 amide bonds. The Morgan fingerprint density at radius 3 is 3.04 bits per heavy atom. The van der Waals surface area contributed by atoms with Gasteiger partial charge in [0, 0.05) is 18.2 Å². The second-order valence-electron chi connectivity index (χ2n) is 5.16. The number of sulfone groups is 1. The Kier molecular flexibility index (Phi) is 4.74. The SMILES string of the molecule is O=C(CCSc1nc(Cl)nc2nc[nH]c12)N[C@H]1CCS(=O)(=O)C1. The number of H-pyrrole nitrogens is 1. The minimum absolute atomic E-state index is 0.0299. The number of fused-ring (bicyclic) bond motifs is 1. The van der Waals surface area contributed by atoms with Gasteiger partial charge >= 0.3 is 0 Å². The van der Waals surface area contributed by atoms with Crippen molar-refractivity contribution in [2.75, 3.05) is 17.3 Å². The van der Waals surface area contributed by atoms with Crippen molar-refractivity contribution in [1.82, 2.24) is 25.3 Å². The van der Waals surface area contributed by atoms with Crippen molar-refractivity contribution in [3.8, 4) is 0 Å². The highest BCUT2D eigenvalue weighted by Gasteiger charge is 2.28. The fourth-order valence-corrected chi connectivity index (χ4v) is 5.15. The summed E-state index contributed by atoms with van der Waals surface area (Å²) in [5.41, 5.74) is 1.16. The van der Waals surface area contributed by atoms with Gasteiger partial charge in [0.1, 0.15) is 10.5 Å². The Balaban J connectivity index is 1.53. The molecule has 1 aliphatic heterocycles. The standard InChI is InChI=1S/C12H14ClN5O3S2/c13-12-17-10-9(14-6-15-10)11(18-12)22-3-1-8(19)16-7-2-4-23(20,21)5-7/h6-7H,1-5H2,(H,16,19)(H,14,15,17,18)/t7-/m0/s1. The molecule has 11 heteroatoms. The maximum Gasteiger partial charge on any atom is 0.225 e. The van der Waals surface area contributed by atoms with Crippen molar-refractivity contribution in [2.45, 2.75) is 23.9 Å². The van der Waals surface area contributed by atoms with E-state index in [1.165, 1.54) is 18.1 Å². The maximum absolute atomic E-state index is 11.9. The summed E-state index contributed by atoms with van der Waals surface area (Å²) in [5, 5.41) is 3.49. The average molecular weight is 376 g/mol. The predicted molar refractivity (Wildman–Crippen MR) is 87.2 cm³/mol. The van der Waals surface area contributed by atoms with Crippen molar-refractivity contribution in [3.05, 3.63) is 11.6 Å². The monoisotopic (exact) mass is 375 g/mol. The van der Waals surface area contributed by atoms with Crippen LogP contribution < -0.4 is 5.32 Å². The van der Waals surface area contributed by atoms with Gasteiger partial charge in [0.25, 0.3) is 0 Å². The lowest BCUT2D eigenvalue weighted by atomic mass is 10.2. The lowest BCUT2D eigenvalue weighted by Gasteiger charge is -2.10. The fraction of sp³-hybridized carbons (Fsp3) is 0.500. The summed E-state index contributed by atoms with van der Waals surface area (Å²) in [7, 11) is -2.99. The number of amides is 1. The number of halogens is 1. The molecule has 124 valence electrons. The van der Waals surface area contributed by atoms with E-state index in [4.69, 9.17) is 11.6 Å². The average Bonchev–Trinajstić information content (AvgIpc) is 3.04. The van der Waals surface area contributed by atoms with Crippen LogP contribution >= 0.6 is 23.4 Å². The molecule has 3 rings (SSSR count). The summed E-state index contributed by atoms with van der Waals surface area (Å²) >= 11 is 7.21. The third-order valence-corrected chi connectivity index (χ3v) is 6.30. The van der Waals surface area contributed by atoms with Crippen molar-refractivity contribution < 1.29 is 13.2 Å². The molecule has 23 heavy (non-hydrogen) atoms. The van der Waals surface area contributed by atoms with Crippen LogP contribution in [0.3, 0.4) is 0 Å². The van der Waals surface area contributed by atoms with E-state index in [0.717, 1.165) is 0 Å². The zero-order valence-electron chi connectivity index (χ0n) is 12.0. The number of thioether (sulfide) groups is 1. The van der Waals surface area contributed by atoms with E-state index in [1.807, 2.05) is 0 Å². The van der Waals surface area contributed by atoms with Gasteiger partial charge in [-0.1, -0.05) is 0 Å². The number of hydrogen-bond acceptors (Lipinski definition) is 7. The van der Waals surface area contributed by atoms with Gasteiger partial charge in [0.15, 0.2) is 15.5 Å². The second-order valence-corrected chi connectivity index (χ2v) is 8.82. The number of nitrogens with zero attached hydrogens (tertiary/aromatic N) is 3. The van der Waals surface area contributed by atoms with Crippen molar-refractivity contribution >= 4 is 50.3 Å². The Morgan fingerprint density at radius 1 is 1.48 bits per heavy atom. The number of imidazole rings is 1. The molecule has 2 N–H and O–H groups in total. The van der Waals surface area contributed by atoms with Crippen molar-refractivity contribution in [2.24, 2.45) is 0 Å². The highest BCUT2D eigenvalue weighted by atomic mass is 35.5. The van der Waals surface area contributed by atoms with Crippen LogP contribution in [0.5, 0.6) is 0 Å². The number of carbonyl (C=O) groups excluding carboxylic acids is 1. The van der Waals surface area contributed by atoms with Gasteiger partial charge < -0.3 is 10.3 Å². The molecule has 0 unspecified atom stereocenters. The van der Waals surface area contributed by atoms with Gasteiger partial charge in [0.2, 0.25) is 11.2 Å². The van der Waals surface area contributed by atoms with Crippen LogP contribution in [0.2, 0.25) is 5.28 Å². The lowest BCUT2D eigenvalue weighted by Crippen LogP contribution is -2.35. The number of nitrogens with one attached hydrogen (secondary N) is 2. The highest BCUT2D eigenvalue weighted by Crippen LogP contribution is 2.24. The summed E-state index contributed by atoms with van der Waals surface area (Å²) in [6.45, 7) is 0. The molecule has 8 nitrogen and oxygen atoms in total. The number of carbonyl (C=O) groups is 1. The van der Waals surface area contributed by atoms with Gasteiger partial charge in [-0.05, 0) is 18.0 Å². The van der Waals surface area contributed by atoms with E-state index in [-0.39, 0.29) is 35.2 Å². The van der Waals surface area contributed by atoms with Gasteiger partial charge in [0.05, 0.1) is 17.8 Å². The Labute approximate surface area is 141 Å². The van der Waals surface area contributed by atoms with E-state index >= 15 is 0 Å². The van der Waals surface area contributed by atoms with Crippen LogP contribution in [0.25, 0.3) is 11.2 Å². The fourth-order valence-electron chi connectivity index (χ4n) is 2.33. The summed E-state index contributed by atoms with van der Waals surface area (Å²) in [4.78, 5) is 27.0. The smallest absolute Gasteiger partial charge is 0.225 e. The molecule has 3 heterocycles. The molecular formula is C12H14ClN5O3S2. The van der Waals surface area contributed by atoms with E-state index in [0.29, 0.717) is 28.4 Å².